The van der Waals surface area contributed by atoms with Crippen molar-refractivity contribution in [3.8, 4) is 0 Å². The van der Waals surface area contributed by atoms with E-state index in [1.165, 1.54) is 96.3 Å². The highest BCUT2D eigenvalue weighted by Gasteiger charge is 2.28. The molecule has 0 spiro atoms. The van der Waals surface area contributed by atoms with Crippen molar-refractivity contribution in [2.45, 2.75) is 174 Å². The Balaban J connectivity index is 4.50. The molecule has 0 fully saturated rings. The molecule has 3 unspecified atom stereocenters. The van der Waals surface area contributed by atoms with Crippen LogP contribution in [0.15, 0.2) is 0 Å². The average Bonchev–Trinajstić information content (AvgIpc) is 2.94. The SMILES string of the molecule is CCCCCCCCCCCCCC(=O)NC(COP(=O)(O)OCC[N+](C)(C)C)C(O)CCCCCCCCCCCC. The number of nitrogens with one attached hydrogen (secondary N) is 1. The van der Waals surface area contributed by atoms with Crippen LogP contribution in [-0.4, -0.2) is 73.4 Å². The molecule has 0 heterocycles. The lowest BCUT2D eigenvalue weighted by Gasteiger charge is -2.26. The van der Waals surface area contributed by atoms with E-state index in [1.807, 2.05) is 21.1 Å². The number of nitrogens with zero attached hydrogens (tertiary/aromatic N) is 1. The van der Waals surface area contributed by atoms with Gasteiger partial charge in [-0.1, -0.05) is 142 Å². The molecule has 0 saturated heterocycles. The maximum atomic E-state index is 12.7. The highest BCUT2D eigenvalue weighted by atomic mass is 31.2. The number of hydrogen-bond acceptors (Lipinski definition) is 5. The minimum atomic E-state index is -4.29. The van der Waals surface area contributed by atoms with Crippen molar-refractivity contribution in [3.05, 3.63) is 0 Å². The first-order valence-corrected chi connectivity index (χ1v) is 19.4. The Bertz CT molecular complexity index is 688. The van der Waals surface area contributed by atoms with E-state index in [1.54, 1.807) is 0 Å². The molecule has 0 aromatic heterocycles. The van der Waals surface area contributed by atoms with Gasteiger partial charge in [0.15, 0.2) is 0 Å². The molecule has 1 amide bonds. The summed E-state index contributed by atoms with van der Waals surface area (Å²) in [7, 11) is 1.62. The monoisotopic (exact) mass is 636 g/mol. The van der Waals surface area contributed by atoms with Gasteiger partial charge in [0.05, 0.1) is 39.9 Å². The average molecular weight is 636 g/mol. The molecule has 43 heavy (non-hydrogen) atoms. The molecule has 9 heteroatoms. The third-order valence-electron chi connectivity index (χ3n) is 8.11. The summed E-state index contributed by atoms with van der Waals surface area (Å²) in [5, 5.41) is 13.8. The molecular formula is C34H72N2O6P+. The van der Waals surface area contributed by atoms with Crippen LogP contribution in [0.3, 0.4) is 0 Å². The molecule has 0 saturated carbocycles. The zero-order chi connectivity index (χ0) is 32.2. The minimum absolute atomic E-state index is 0.0777. The first-order chi connectivity index (χ1) is 20.5. The smallest absolute Gasteiger partial charge is 0.391 e. The summed E-state index contributed by atoms with van der Waals surface area (Å²) in [5.41, 5.74) is 0. The Morgan fingerprint density at radius 2 is 1.12 bits per heavy atom. The van der Waals surface area contributed by atoms with Crippen LogP contribution in [0.4, 0.5) is 0 Å². The second kappa shape index (κ2) is 27.8. The Labute approximate surface area is 266 Å². The number of carbonyl (C=O) groups is 1. The number of amides is 1. The van der Waals surface area contributed by atoms with Gasteiger partial charge < -0.3 is 19.8 Å². The molecule has 0 aliphatic rings. The number of phosphoric ester groups is 1. The van der Waals surface area contributed by atoms with E-state index in [0.717, 1.165) is 38.5 Å². The van der Waals surface area contributed by atoms with Crippen LogP contribution in [-0.2, 0) is 18.4 Å². The Morgan fingerprint density at radius 3 is 1.56 bits per heavy atom. The van der Waals surface area contributed by atoms with Crippen LogP contribution in [0.1, 0.15) is 162 Å². The molecule has 8 nitrogen and oxygen atoms in total. The van der Waals surface area contributed by atoms with E-state index >= 15 is 0 Å². The van der Waals surface area contributed by atoms with Gasteiger partial charge in [-0.15, -0.1) is 0 Å². The molecule has 0 radical (unpaired) electrons. The van der Waals surface area contributed by atoms with Crippen LogP contribution >= 0.6 is 7.82 Å². The zero-order valence-electron chi connectivity index (χ0n) is 29.0. The second-order valence-electron chi connectivity index (χ2n) is 13.6. The fourth-order valence-electron chi connectivity index (χ4n) is 5.16. The number of aliphatic hydroxyl groups is 1. The first-order valence-electron chi connectivity index (χ1n) is 17.9. The van der Waals surface area contributed by atoms with Crippen molar-refractivity contribution in [2.75, 3.05) is 40.9 Å². The maximum absolute atomic E-state index is 12.7. The zero-order valence-corrected chi connectivity index (χ0v) is 29.9. The number of rotatable bonds is 32. The van der Waals surface area contributed by atoms with Crippen LogP contribution in [0, 0.1) is 0 Å². The van der Waals surface area contributed by atoms with Crippen molar-refractivity contribution in [3.63, 3.8) is 0 Å². The third kappa shape index (κ3) is 29.9. The summed E-state index contributed by atoms with van der Waals surface area (Å²) in [4.78, 5) is 22.9. The molecular weight excluding hydrogens is 563 g/mol. The molecule has 3 N–H and O–H groups in total. The molecule has 3 atom stereocenters. The Kier molecular flexibility index (Phi) is 27.5. The third-order valence-corrected chi connectivity index (χ3v) is 9.09. The van der Waals surface area contributed by atoms with Gasteiger partial charge in [-0.3, -0.25) is 13.8 Å². The molecule has 0 aliphatic heterocycles. The number of unbranched alkanes of at least 4 members (excludes halogenated alkanes) is 19. The maximum Gasteiger partial charge on any atom is 0.472 e. The number of quaternary nitrogens is 1. The van der Waals surface area contributed by atoms with Gasteiger partial charge >= 0.3 is 7.82 Å². The van der Waals surface area contributed by atoms with E-state index in [9.17, 15) is 19.4 Å². The van der Waals surface area contributed by atoms with E-state index < -0.39 is 20.0 Å². The van der Waals surface area contributed by atoms with E-state index in [-0.39, 0.29) is 19.1 Å². The van der Waals surface area contributed by atoms with Crippen LogP contribution in [0.2, 0.25) is 0 Å². The van der Waals surface area contributed by atoms with Gasteiger partial charge in [0.25, 0.3) is 0 Å². The summed E-state index contributed by atoms with van der Waals surface area (Å²) in [6.45, 7) is 4.84. The van der Waals surface area contributed by atoms with Gasteiger partial charge in [0, 0.05) is 6.42 Å². The second-order valence-corrected chi connectivity index (χ2v) is 15.1. The summed E-state index contributed by atoms with van der Waals surface area (Å²) in [5.74, 6) is -0.148. The normalized spacial score (nSPS) is 14.9. The fourth-order valence-corrected chi connectivity index (χ4v) is 5.90. The van der Waals surface area contributed by atoms with Crippen molar-refractivity contribution >= 4 is 13.7 Å². The van der Waals surface area contributed by atoms with E-state index in [0.29, 0.717) is 23.9 Å². The number of carbonyl (C=O) groups excluding carboxylic acids is 1. The topological polar surface area (TPSA) is 105 Å². The summed E-state index contributed by atoms with van der Waals surface area (Å²) in [6, 6.07) is -0.749. The van der Waals surface area contributed by atoms with E-state index in [2.05, 4.69) is 19.2 Å². The standard InChI is InChI=1S/C34H71N2O6P/c1-6-8-10-12-14-16-18-20-22-24-26-28-34(38)35-32(31-42-43(39,40)41-30-29-36(3,4)5)33(37)27-25-23-21-19-17-15-13-11-9-7-2/h32-33,37H,6-31H2,1-5H3,(H-,35,38,39,40)/p+1. The van der Waals surface area contributed by atoms with Crippen LogP contribution in [0.25, 0.3) is 0 Å². The van der Waals surface area contributed by atoms with Crippen molar-refractivity contribution in [1.82, 2.24) is 5.32 Å². The number of aliphatic hydroxyl groups excluding tert-OH is 1. The number of likely N-dealkylation sites (N-methyl/N-ethyl adjacent to an activating group) is 1. The van der Waals surface area contributed by atoms with Crippen molar-refractivity contribution < 1.29 is 32.9 Å². The van der Waals surface area contributed by atoms with Crippen LogP contribution in [0.5, 0.6) is 0 Å². The number of hydrogen-bond donors (Lipinski definition) is 3. The lowest BCUT2D eigenvalue weighted by molar-refractivity contribution is -0.870. The van der Waals surface area contributed by atoms with Crippen LogP contribution < -0.4 is 5.32 Å². The Hall–Kier alpha value is -0.500. The molecule has 0 aromatic rings. The highest BCUT2D eigenvalue weighted by Crippen LogP contribution is 2.43. The van der Waals surface area contributed by atoms with Gasteiger partial charge in [-0.2, -0.15) is 0 Å². The molecule has 0 bridgehead atoms. The number of phosphoric acid groups is 1. The van der Waals surface area contributed by atoms with Gasteiger partial charge in [-0.05, 0) is 12.8 Å². The van der Waals surface area contributed by atoms with Crippen molar-refractivity contribution in [1.29, 1.82) is 0 Å². The largest absolute Gasteiger partial charge is 0.472 e. The Morgan fingerprint density at radius 1 is 0.698 bits per heavy atom. The van der Waals surface area contributed by atoms with E-state index in [4.69, 9.17) is 9.05 Å². The van der Waals surface area contributed by atoms with Gasteiger partial charge in [0.1, 0.15) is 13.2 Å². The summed E-state index contributed by atoms with van der Waals surface area (Å²) in [6.07, 6.45) is 25.5. The lowest BCUT2D eigenvalue weighted by atomic mass is 10.0. The van der Waals surface area contributed by atoms with Crippen molar-refractivity contribution in [2.24, 2.45) is 0 Å². The molecule has 0 aromatic carbocycles. The predicted molar refractivity (Wildman–Crippen MR) is 180 cm³/mol. The summed E-state index contributed by atoms with van der Waals surface area (Å²) >= 11 is 0. The molecule has 0 rings (SSSR count). The van der Waals surface area contributed by atoms with Gasteiger partial charge in [0.2, 0.25) is 5.91 Å². The fraction of sp³-hybridized carbons (Fsp3) is 0.971. The predicted octanol–water partition coefficient (Wildman–Crippen LogP) is 8.68. The minimum Gasteiger partial charge on any atom is -0.391 e. The quantitative estimate of drug-likeness (QED) is 0.0388. The molecule has 258 valence electrons. The highest BCUT2D eigenvalue weighted by molar-refractivity contribution is 7.47. The summed E-state index contributed by atoms with van der Waals surface area (Å²) < 4.78 is 23.4. The lowest BCUT2D eigenvalue weighted by Crippen LogP contribution is -2.46. The van der Waals surface area contributed by atoms with Gasteiger partial charge in [-0.25, -0.2) is 4.57 Å². The first kappa shape index (κ1) is 42.5. The molecule has 0 aliphatic carbocycles.